The van der Waals surface area contributed by atoms with Crippen molar-refractivity contribution in [2.24, 2.45) is 0 Å². The summed E-state index contributed by atoms with van der Waals surface area (Å²) in [6.07, 6.45) is 1.83. The summed E-state index contributed by atoms with van der Waals surface area (Å²) in [5.41, 5.74) is 14.2. The predicted octanol–water partition coefficient (Wildman–Crippen LogP) is 12.5. The van der Waals surface area contributed by atoms with Gasteiger partial charge in [-0.05, 0) is 101 Å². The lowest BCUT2D eigenvalue weighted by Gasteiger charge is -2.14. The Morgan fingerprint density at radius 3 is 1.80 bits per heavy atom. The molecule has 0 aliphatic heterocycles. The summed E-state index contributed by atoms with van der Waals surface area (Å²) in [5, 5.41) is 5.91. The summed E-state index contributed by atoms with van der Waals surface area (Å²) in [5.74, 6) is 0. The van der Waals surface area contributed by atoms with Crippen LogP contribution in [0.4, 0.5) is 0 Å². The molecule has 0 atom stereocenters. The van der Waals surface area contributed by atoms with Gasteiger partial charge in [0.15, 0.2) is 5.58 Å². The van der Waals surface area contributed by atoms with Gasteiger partial charge in [-0.25, -0.2) is 0 Å². The van der Waals surface area contributed by atoms with Crippen LogP contribution in [-0.2, 0) is 0 Å². The van der Waals surface area contributed by atoms with Gasteiger partial charge in [0.1, 0.15) is 11.1 Å². The van der Waals surface area contributed by atoms with Crippen molar-refractivity contribution in [3.63, 3.8) is 0 Å². The van der Waals surface area contributed by atoms with E-state index in [1.54, 1.807) is 0 Å². The zero-order valence-electron chi connectivity index (χ0n) is 27.5. The summed E-state index contributed by atoms with van der Waals surface area (Å²) >= 11 is 0. The molecule has 0 radical (unpaired) electrons. The molecule has 4 aromatic heterocycles. The zero-order chi connectivity index (χ0) is 33.5. The number of para-hydroxylation sites is 3. The van der Waals surface area contributed by atoms with Crippen molar-refractivity contribution in [2.75, 3.05) is 0 Å². The van der Waals surface area contributed by atoms with Gasteiger partial charge < -0.3 is 13.6 Å². The van der Waals surface area contributed by atoms with E-state index < -0.39 is 0 Å². The second-order valence-corrected chi connectivity index (χ2v) is 13.2. The Labute approximate surface area is 293 Å². The van der Waals surface area contributed by atoms with Crippen LogP contribution in [0.25, 0.3) is 99.3 Å². The molecule has 238 valence electrons. The molecule has 0 aliphatic rings. The molecule has 0 bridgehead atoms. The van der Waals surface area contributed by atoms with Crippen LogP contribution >= 0.6 is 0 Å². The largest absolute Gasteiger partial charge is 0.454 e. The van der Waals surface area contributed by atoms with E-state index in [0.29, 0.717) is 0 Å². The Hall–Kier alpha value is -6.91. The zero-order valence-corrected chi connectivity index (χ0v) is 27.5. The third kappa shape index (κ3) is 4.17. The average Bonchev–Trinajstić information content (AvgIpc) is 3.85. The van der Waals surface area contributed by atoms with Gasteiger partial charge in [-0.15, -0.1) is 0 Å². The highest BCUT2D eigenvalue weighted by Crippen LogP contribution is 2.43. The highest BCUT2D eigenvalue weighted by molar-refractivity contribution is 6.15. The normalized spacial score (nSPS) is 11.9. The van der Waals surface area contributed by atoms with Crippen LogP contribution in [0.3, 0.4) is 0 Å². The minimum atomic E-state index is 0.797. The fourth-order valence-electron chi connectivity index (χ4n) is 8.11. The molecule has 51 heavy (non-hydrogen) atoms. The van der Waals surface area contributed by atoms with Gasteiger partial charge in [-0.1, -0.05) is 91.0 Å². The number of fused-ring (bicyclic) bond motifs is 9. The molecule has 0 saturated heterocycles. The number of pyridine rings is 1. The topological polar surface area (TPSA) is 35.9 Å². The number of nitrogens with zero attached hydrogens (tertiary/aromatic N) is 3. The van der Waals surface area contributed by atoms with Gasteiger partial charge in [-0.2, -0.15) is 0 Å². The summed E-state index contributed by atoms with van der Waals surface area (Å²) in [4.78, 5) is 4.68. The van der Waals surface area contributed by atoms with Crippen LogP contribution in [0, 0.1) is 0 Å². The fourth-order valence-corrected chi connectivity index (χ4v) is 8.11. The maximum Gasteiger partial charge on any atom is 0.153 e. The fraction of sp³-hybridized carbons (Fsp3) is 0. The Kier molecular flexibility index (Phi) is 5.92. The first kappa shape index (κ1) is 28.0. The Morgan fingerprint density at radius 1 is 0.373 bits per heavy atom. The first-order valence-corrected chi connectivity index (χ1v) is 17.3. The SMILES string of the molecule is c1ccc(-c2cc3c4ccccc4n(-c4ccc5oc6cccnc6c5c4)c3cc2-c2ccc3c(c2)c2ccccc2n3-c2ccccc2)cc1. The summed E-state index contributed by atoms with van der Waals surface area (Å²) in [6.45, 7) is 0. The first-order chi connectivity index (χ1) is 25.3. The monoisotopic (exact) mass is 651 g/mol. The van der Waals surface area contributed by atoms with Crippen LogP contribution in [0.5, 0.6) is 0 Å². The first-order valence-electron chi connectivity index (χ1n) is 17.3. The maximum absolute atomic E-state index is 6.16. The van der Waals surface area contributed by atoms with Crippen LogP contribution in [0.2, 0.25) is 0 Å². The van der Waals surface area contributed by atoms with Crippen molar-refractivity contribution in [3.05, 3.63) is 176 Å². The van der Waals surface area contributed by atoms with Crippen LogP contribution < -0.4 is 0 Å². The molecule has 4 nitrogen and oxygen atoms in total. The number of benzene rings is 7. The number of hydrogen-bond donors (Lipinski definition) is 0. The minimum absolute atomic E-state index is 0.797. The molecule has 7 aromatic carbocycles. The van der Waals surface area contributed by atoms with E-state index in [9.17, 15) is 0 Å². The molecule has 0 N–H and O–H groups in total. The molecule has 0 aliphatic carbocycles. The number of aromatic nitrogens is 3. The van der Waals surface area contributed by atoms with Crippen molar-refractivity contribution < 1.29 is 4.42 Å². The number of furan rings is 1. The van der Waals surface area contributed by atoms with Gasteiger partial charge in [0, 0.05) is 44.5 Å². The van der Waals surface area contributed by atoms with Gasteiger partial charge in [0.05, 0.1) is 22.1 Å². The second-order valence-electron chi connectivity index (χ2n) is 13.2. The molecule has 0 spiro atoms. The van der Waals surface area contributed by atoms with E-state index in [2.05, 4.69) is 172 Å². The van der Waals surface area contributed by atoms with Crippen molar-refractivity contribution in [3.8, 4) is 33.6 Å². The van der Waals surface area contributed by atoms with Crippen LogP contribution in [0.15, 0.2) is 180 Å². The minimum Gasteiger partial charge on any atom is -0.454 e. The lowest BCUT2D eigenvalue weighted by atomic mass is 9.92. The number of rotatable bonds is 4. The Bertz CT molecular complexity index is 3130. The highest BCUT2D eigenvalue weighted by atomic mass is 16.3. The summed E-state index contributed by atoms with van der Waals surface area (Å²) in [7, 11) is 0. The summed E-state index contributed by atoms with van der Waals surface area (Å²) in [6, 6.07) is 60.9. The molecule has 4 heteroatoms. The van der Waals surface area contributed by atoms with E-state index in [1.807, 2.05) is 18.3 Å². The van der Waals surface area contributed by atoms with Gasteiger partial charge in [-0.3, -0.25) is 4.98 Å². The van der Waals surface area contributed by atoms with E-state index in [1.165, 1.54) is 54.8 Å². The third-order valence-corrected chi connectivity index (χ3v) is 10.4. The quantitative estimate of drug-likeness (QED) is 0.190. The van der Waals surface area contributed by atoms with Crippen LogP contribution in [0.1, 0.15) is 0 Å². The Morgan fingerprint density at radius 2 is 1.02 bits per heavy atom. The standard InChI is InChI=1S/C47H29N3O/c1-3-12-30(13-4-1)36-28-39-35-17-8-10-19-42(35)50(33-22-24-45-40(27-33)47-46(51-45)20-11-25-48-47)44(39)29-37(36)31-21-23-43-38(26-31)34-16-7-9-18-41(34)49(43)32-14-5-2-6-15-32/h1-29H. The molecule has 11 rings (SSSR count). The lowest BCUT2D eigenvalue weighted by Crippen LogP contribution is -1.95. The lowest BCUT2D eigenvalue weighted by molar-refractivity contribution is 0.668. The van der Waals surface area contributed by atoms with E-state index in [4.69, 9.17) is 4.42 Å². The van der Waals surface area contributed by atoms with E-state index in [-0.39, 0.29) is 0 Å². The van der Waals surface area contributed by atoms with Crippen molar-refractivity contribution >= 4 is 65.7 Å². The smallest absolute Gasteiger partial charge is 0.153 e. The average molecular weight is 652 g/mol. The molecular weight excluding hydrogens is 623 g/mol. The molecule has 0 amide bonds. The molecule has 0 saturated carbocycles. The van der Waals surface area contributed by atoms with Gasteiger partial charge in [0.2, 0.25) is 0 Å². The highest BCUT2D eigenvalue weighted by Gasteiger charge is 2.20. The maximum atomic E-state index is 6.16. The van der Waals surface area contributed by atoms with Gasteiger partial charge in [0.25, 0.3) is 0 Å². The Balaban J connectivity index is 1.22. The van der Waals surface area contributed by atoms with Crippen molar-refractivity contribution in [1.82, 2.24) is 14.1 Å². The predicted molar refractivity (Wildman–Crippen MR) is 211 cm³/mol. The molecule has 4 heterocycles. The molecular formula is C47H29N3O. The van der Waals surface area contributed by atoms with Gasteiger partial charge >= 0.3 is 0 Å². The second kappa shape index (κ2) is 10.8. The molecule has 0 fully saturated rings. The van der Waals surface area contributed by atoms with E-state index in [0.717, 1.165) is 44.5 Å². The molecule has 0 unspecified atom stereocenters. The van der Waals surface area contributed by atoms with Crippen molar-refractivity contribution in [1.29, 1.82) is 0 Å². The molecule has 11 aromatic rings. The van der Waals surface area contributed by atoms with E-state index >= 15 is 0 Å². The third-order valence-electron chi connectivity index (χ3n) is 10.4. The van der Waals surface area contributed by atoms with Crippen LogP contribution in [-0.4, -0.2) is 14.1 Å². The number of hydrogen-bond acceptors (Lipinski definition) is 2. The van der Waals surface area contributed by atoms with Crippen molar-refractivity contribution in [2.45, 2.75) is 0 Å². The summed E-state index contributed by atoms with van der Waals surface area (Å²) < 4.78 is 10.9.